The van der Waals surface area contributed by atoms with Gasteiger partial charge in [0.1, 0.15) is 5.82 Å². The van der Waals surface area contributed by atoms with E-state index in [1.54, 1.807) is 0 Å². The number of fused-ring (bicyclic) bond motifs is 3. The number of anilines is 1. The fourth-order valence-electron chi connectivity index (χ4n) is 3.74. The van der Waals surface area contributed by atoms with Crippen molar-refractivity contribution in [3.05, 3.63) is 35.9 Å². The highest BCUT2D eigenvalue weighted by Crippen LogP contribution is 2.29. The van der Waals surface area contributed by atoms with E-state index < -0.39 is 0 Å². The molecule has 2 aliphatic heterocycles. The molecule has 2 N–H and O–H groups in total. The molecule has 2 saturated heterocycles. The van der Waals surface area contributed by atoms with Crippen molar-refractivity contribution in [3.8, 4) is 0 Å². The highest BCUT2D eigenvalue weighted by molar-refractivity contribution is 5.81. The van der Waals surface area contributed by atoms with Gasteiger partial charge in [0.05, 0.1) is 5.52 Å². The van der Waals surface area contributed by atoms with Gasteiger partial charge in [0.2, 0.25) is 0 Å². The number of nitrogens with one attached hydrogen (secondary N) is 2. The number of benzene rings is 1. The van der Waals surface area contributed by atoms with Crippen LogP contribution in [0, 0.1) is 6.92 Å². The Kier molecular flexibility index (Phi) is 2.88. The van der Waals surface area contributed by atoms with Crippen LogP contribution in [-0.4, -0.2) is 23.1 Å². The van der Waals surface area contributed by atoms with Crippen molar-refractivity contribution in [2.24, 2.45) is 0 Å². The lowest BCUT2D eigenvalue weighted by Crippen LogP contribution is -2.43. The van der Waals surface area contributed by atoms with E-state index in [-0.39, 0.29) is 0 Å². The SMILES string of the molecule is Cc1cc2ccccc2nc1NC1CC2CCC(C1)N2. The summed E-state index contributed by atoms with van der Waals surface area (Å²) < 4.78 is 0. The molecule has 0 radical (unpaired) electrons. The smallest absolute Gasteiger partial charge is 0.129 e. The predicted octanol–water partition coefficient (Wildman–Crippen LogP) is 3.24. The lowest BCUT2D eigenvalue weighted by atomic mass is 9.99. The third-order valence-electron chi connectivity index (χ3n) is 4.73. The van der Waals surface area contributed by atoms with Crippen LogP contribution in [0.1, 0.15) is 31.2 Å². The Labute approximate surface area is 119 Å². The maximum absolute atomic E-state index is 4.81. The topological polar surface area (TPSA) is 37.0 Å². The van der Waals surface area contributed by atoms with Crippen molar-refractivity contribution in [1.82, 2.24) is 10.3 Å². The van der Waals surface area contributed by atoms with Crippen LogP contribution < -0.4 is 10.6 Å². The van der Waals surface area contributed by atoms with Crippen molar-refractivity contribution in [2.75, 3.05) is 5.32 Å². The summed E-state index contributed by atoms with van der Waals surface area (Å²) >= 11 is 0. The maximum atomic E-state index is 4.81. The second kappa shape index (κ2) is 4.74. The molecular weight excluding hydrogens is 246 g/mol. The quantitative estimate of drug-likeness (QED) is 0.877. The van der Waals surface area contributed by atoms with E-state index in [4.69, 9.17) is 4.98 Å². The number of aryl methyl sites for hydroxylation is 1. The van der Waals surface area contributed by atoms with Crippen molar-refractivity contribution < 1.29 is 0 Å². The van der Waals surface area contributed by atoms with E-state index in [0.717, 1.165) is 11.3 Å². The van der Waals surface area contributed by atoms with Crippen molar-refractivity contribution >= 4 is 16.7 Å². The number of rotatable bonds is 2. The lowest BCUT2D eigenvalue weighted by Gasteiger charge is -2.30. The monoisotopic (exact) mass is 267 g/mol. The Morgan fingerprint density at radius 3 is 2.70 bits per heavy atom. The molecule has 3 heteroatoms. The van der Waals surface area contributed by atoms with Crippen LogP contribution in [0.15, 0.2) is 30.3 Å². The predicted molar refractivity (Wildman–Crippen MR) is 83.1 cm³/mol. The molecule has 104 valence electrons. The van der Waals surface area contributed by atoms with E-state index in [2.05, 4.69) is 47.9 Å². The highest BCUT2D eigenvalue weighted by atomic mass is 15.1. The van der Waals surface area contributed by atoms with Crippen LogP contribution in [0.25, 0.3) is 10.9 Å². The first-order chi connectivity index (χ1) is 9.78. The molecule has 2 bridgehead atoms. The second-order valence-electron chi connectivity index (χ2n) is 6.30. The fraction of sp³-hybridized carbons (Fsp3) is 0.471. The Hall–Kier alpha value is -1.61. The number of nitrogens with zero attached hydrogens (tertiary/aromatic N) is 1. The normalized spacial score (nSPS) is 28.8. The van der Waals surface area contributed by atoms with Gasteiger partial charge in [0.25, 0.3) is 0 Å². The number of hydrogen-bond acceptors (Lipinski definition) is 3. The average molecular weight is 267 g/mol. The van der Waals surface area contributed by atoms with Gasteiger partial charge in [-0.3, -0.25) is 0 Å². The molecule has 1 aromatic heterocycles. The van der Waals surface area contributed by atoms with Crippen molar-refractivity contribution in [1.29, 1.82) is 0 Å². The maximum Gasteiger partial charge on any atom is 0.129 e. The molecule has 20 heavy (non-hydrogen) atoms. The summed E-state index contributed by atoms with van der Waals surface area (Å²) in [6.07, 6.45) is 5.13. The zero-order chi connectivity index (χ0) is 13.5. The van der Waals surface area contributed by atoms with E-state index in [9.17, 15) is 0 Å². The molecule has 2 aromatic rings. The largest absolute Gasteiger partial charge is 0.367 e. The van der Waals surface area contributed by atoms with Gasteiger partial charge in [-0.15, -0.1) is 0 Å². The van der Waals surface area contributed by atoms with Gasteiger partial charge in [0.15, 0.2) is 0 Å². The van der Waals surface area contributed by atoms with Crippen LogP contribution in [0.3, 0.4) is 0 Å². The van der Waals surface area contributed by atoms with Gasteiger partial charge in [-0.25, -0.2) is 4.98 Å². The molecule has 0 amide bonds. The number of hydrogen-bond donors (Lipinski definition) is 2. The van der Waals surface area contributed by atoms with Gasteiger partial charge < -0.3 is 10.6 Å². The third-order valence-corrected chi connectivity index (χ3v) is 4.73. The molecule has 3 nitrogen and oxygen atoms in total. The summed E-state index contributed by atoms with van der Waals surface area (Å²) in [4.78, 5) is 4.81. The Balaban J connectivity index is 1.60. The van der Waals surface area contributed by atoms with Gasteiger partial charge in [-0.1, -0.05) is 18.2 Å². The van der Waals surface area contributed by atoms with E-state index in [1.165, 1.54) is 36.6 Å². The summed E-state index contributed by atoms with van der Waals surface area (Å²) in [5.41, 5.74) is 2.33. The fourth-order valence-corrected chi connectivity index (χ4v) is 3.74. The number of pyridine rings is 1. The molecule has 0 aliphatic carbocycles. The Bertz CT molecular complexity index is 625. The first-order valence-corrected chi connectivity index (χ1v) is 7.67. The van der Waals surface area contributed by atoms with Gasteiger partial charge >= 0.3 is 0 Å². The summed E-state index contributed by atoms with van der Waals surface area (Å²) in [6, 6.07) is 12.6. The Morgan fingerprint density at radius 2 is 1.90 bits per heavy atom. The van der Waals surface area contributed by atoms with Gasteiger partial charge in [0, 0.05) is 23.5 Å². The van der Waals surface area contributed by atoms with Crippen molar-refractivity contribution in [3.63, 3.8) is 0 Å². The zero-order valence-corrected chi connectivity index (χ0v) is 11.9. The number of aromatic nitrogens is 1. The molecule has 2 aliphatic rings. The molecule has 3 heterocycles. The average Bonchev–Trinajstić information content (AvgIpc) is 2.79. The van der Waals surface area contributed by atoms with Crippen LogP contribution in [0.5, 0.6) is 0 Å². The highest BCUT2D eigenvalue weighted by Gasteiger charge is 2.33. The standard InChI is InChI=1S/C17H21N3/c1-11-8-12-4-2-3-5-16(12)20-17(11)19-15-9-13-6-7-14(10-15)18-13/h2-5,8,13-15,18H,6-7,9-10H2,1H3,(H,19,20). The molecule has 2 atom stereocenters. The molecule has 0 spiro atoms. The third kappa shape index (κ3) is 2.16. The number of piperidine rings is 1. The second-order valence-corrected chi connectivity index (χ2v) is 6.30. The molecule has 0 saturated carbocycles. The molecular formula is C17H21N3. The van der Waals surface area contributed by atoms with E-state index in [1.807, 2.05) is 0 Å². The molecule has 2 fully saturated rings. The minimum Gasteiger partial charge on any atom is -0.367 e. The minimum atomic E-state index is 0.570. The molecule has 1 aromatic carbocycles. The van der Waals surface area contributed by atoms with E-state index >= 15 is 0 Å². The first kappa shape index (κ1) is 12.2. The van der Waals surface area contributed by atoms with Crippen molar-refractivity contribution in [2.45, 2.75) is 50.7 Å². The van der Waals surface area contributed by atoms with Gasteiger partial charge in [-0.2, -0.15) is 0 Å². The first-order valence-electron chi connectivity index (χ1n) is 7.67. The number of para-hydroxylation sites is 1. The van der Waals surface area contributed by atoms with Crippen LogP contribution in [0.2, 0.25) is 0 Å². The summed E-state index contributed by atoms with van der Waals surface area (Å²) in [5, 5.41) is 8.60. The summed E-state index contributed by atoms with van der Waals surface area (Å²) in [5.74, 6) is 1.06. The zero-order valence-electron chi connectivity index (χ0n) is 11.9. The Morgan fingerprint density at radius 1 is 1.15 bits per heavy atom. The minimum absolute atomic E-state index is 0.570. The van der Waals surface area contributed by atoms with E-state index in [0.29, 0.717) is 18.1 Å². The van der Waals surface area contributed by atoms with Gasteiger partial charge in [-0.05, 0) is 50.3 Å². The van der Waals surface area contributed by atoms with Crippen LogP contribution >= 0.6 is 0 Å². The molecule has 2 unspecified atom stereocenters. The summed E-state index contributed by atoms with van der Waals surface area (Å²) in [7, 11) is 0. The summed E-state index contributed by atoms with van der Waals surface area (Å²) in [6.45, 7) is 2.15. The van der Waals surface area contributed by atoms with Crippen LogP contribution in [0.4, 0.5) is 5.82 Å². The lowest BCUT2D eigenvalue weighted by molar-refractivity contribution is 0.377. The van der Waals surface area contributed by atoms with Crippen LogP contribution in [-0.2, 0) is 0 Å². The molecule has 4 rings (SSSR count).